The standard InChI is InChI=1S/C9H14N6OS2/c1-6-7(13-16-12-6)5-17-4-3-11-9-8(10-2)14-18-15-9/h3-5H2,1-2H3,(H,10,14)(H,11,15). The first-order chi connectivity index (χ1) is 8.81. The summed E-state index contributed by atoms with van der Waals surface area (Å²) in [6.07, 6.45) is 0. The number of aryl methyl sites for hydroxylation is 1. The van der Waals surface area contributed by atoms with Crippen LogP contribution in [0, 0.1) is 6.92 Å². The molecule has 9 heteroatoms. The average molecular weight is 286 g/mol. The Morgan fingerprint density at radius 2 is 2.11 bits per heavy atom. The van der Waals surface area contributed by atoms with Crippen LogP contribution in [0.5, 0.6) is 0 Å². The van der Waals surface area contributed by atoms with Crippen molar-refractivity contribution in [1.82, 2.24) is 19.1 Å². The smallest absolute Gasteiger partial charge is 0.184 e. The van der Waals surface area contributed by atoms with Gasteiger partial charge in [-0.1, -0.05) is 10.3 Å². The number of hydrogen-bond donors (Lipinski definition) is 2. The number of aromatic nitrogens is 4. The van der Waals surface area contributed by atoms with Crippen molar-refractivity contribution in [2.45, 2.75) is 12.7 Å². The molecule has 2 aromatic heterocycles. The summed E-state index contributed by atoms with van der Waals surface area (Å²) < 4.78 is 12.9. The number of nitrogens with zero attached hydrogens (tertiary/aromatic N) is 4. The summed E-state index contributed by atoms with van der Waals surface area (Å²) in [5.41, 5.74) is 1.77. The first kappa shape index (κ1) is 13.1. The van der Waals surface area contributed by atoms with Crippen molar-refractivity contribution in [1.29, 1.82) is 0 Å². The molecule has 0 aromatic carbocycles. The van der Waals surface area contributed by atoms with Crippen LogP contribution in [0.15, 0.2) is 4.63 Å². The van der Waals surface area contributed by atoms with Crippen LogP contribution in [0.3, 0.4) is 0 Å². The van der Waals surface area contributed by atoms with Crippen molar-refractivity contribution in [2.24, 2.45) is 0 Å². The van der Waals surface area contributed by atoms with Gasteiger partial charge in [0.1, 0.15) is 11.4 Å². The van der Waals surface area contributed by atoms with Gasteiger partial charge < -0.3 is 10.6 Å². The maximum Gasteiger partial charge on any atom is 0.184 e. The van der Waals surface area contributed by atoms with Gasteiger partial charge in [-0.25, -0.2) is 4.63 Å². The molecule has 2 N–H and O–H groups in total. The molecule has 2 heterocycles. The molecule has 0 bridgehead atoms. The normalized spacial score (nSPS) is 10.6. The third-order valence-electron chi connectivity index (χ3n) is 2.25. The fourth-order valence-electron chi connectivity index (χ4n) is 1.26. The lowest BCUT2D eigenvalue weighted by Crippen LogP contribution is -2.06. The van der Waals surface area contributed by atoms with Gasteiger partial charge in [-0.2, -0.15) is 20.5 Å². The summed E-state index contributed by atoms with van der Waals surface area (Å²) in [5, 5.41) is 13.8. The zero-order chi connectivity index (χ0) is 12.8. The zero-order valence-electron chi connectivity index (χ0n) is 10.1. The molecule has 0 saturated heterocycles. The summed E-state index contributed by atoms with van der Waals surface area (Å²) in [5.74, 6) is 3.36. The second-order valence-electron chi connectivity index (χ2n) is 3.49. The van der Waals surface area contributed by atoms with E-state index in [4.69, 9.17) is 0 Å². The predicted octanol–water partition coefficient (Wildman–Crippen LogP) is 1.62. The van der Waals surface area contributed by atoms with Crippen molar-refractivity contribution in [3.63, 3.8) is 0 Å². The zero-order valence-corrected chi connectivity index (χ0v) is 11.8. The topological polar surface area (TPSA) is 88.8 Å². The van der Waals surface area contributed by atoms with Crippen molar-refractivity contribution in [3.05, 3.63) is 11.4 Å². The van der Waals surface area contributed by atoms with Crippen molar-refractivity contribution in [2.75, 3.05) is 30.0 Å². The Morgan fingerprint density at radius 3 is 2.83 bits per heavy atom. The largest absolute Gasteiger partial charge is 0.369 e. The van der Waals surface area contributed by atoms with E-state index in [1.54, 1.807) is 11.8 Å². The van der Waals surface area contributed by atoms with Gasteiger partial charge in [-0.05, 0) is 6.92 Å². The predicted molar refractivity (Wildman–Crippen MR) is 73.1 cm³/mol. The highest BCUT2D eigenvalue weighted by atomic mass is 32.2. The second-order valence-corrected chi connectivity index (χ2v) is 5.12. The molecule has 2 aromatic rings. The summed E-state index contributed by atoms with van der Waals surface area (Å²) in [6, 6.07) is 0. The van der Waals surface area contributed by atoms with Gasteiger partial charge in [-0.15, -0.1) is 0 Å². The van der Waals surface area contributed by atoms with Gasteiger partial charge in [0.15, 0.2) is 11.6 Å². The molecule has 0 amide bonds. The van der Waals surface area contributed by atoms with Gasteiger partial charge in [0.05, 0.1) is 11.7 Å². The highest BCUT2D eigenvalue weighted by molar-refractivity contribution is 7.98. The summed E-state index contributed by atoms with van der Waals surface area (Å²) in [7, 11) is 1.83. The van der Waals surface area contributed by atoms with E-state index in [9.17, 15) is 0 Å². The van der Waals surface area contributed by atoms with Gasteiger partial charge in [0.2, 0.25) is 0 Å². The second kappa shape index (κ2) is 6.55. The highest BCUT2D eigenvalue weighted by Gasteiger charge is 2.06. The van der Waals surface area contributed by atoms with E-state index in [1.807, 2.05) is 14.0 Å². The maximum atomic E-state index is 4.64. The Balaban J connectivity index is 1.66. The van der Waals surface area contributed by atoms with Gasteiger partial charge in [0.25, 0.3) is 0 Å². The van der Waals surface area contributed by atoms with E-state index in [-0.39, 0.29) is 0 Å². The van der Waals surface area contributed by atoms with Crippen LogP contribution < -0.4 is 10.6 Å². The van der Waals surface area contributed by atoms with Crippen LogP contribution in [-0.4, -0.2) is 38.4 Å². The number of rotatable bonds is 7. The van der Waals surface area contributed by atoms with Crippen LogP contribution >= 0.6 is 23.5 Å². The molecular weight excluding hydrogens is 272 g/mol. The van der Waals surface area contributed by atoms with E-state index in [2.05, 4.69) is 34.3 Å². The Morgan fingerprint density at radius 1 is 1.28 bits per heavy atom. The van der Waals surface area contributed by atoms with Gasteiger partial charge in [0, 0.05) is 25.1 Å². The first-order valence-electron chi connectivity index (χ1n) is 5.41. The summed E-state index contributed by atoms with van der Waals surface area (Å²) >= 11 is 2.96. The number of anilines is 2. The van der Waals surface area contributed by atoms with E-state index in [1.165, 1.54) is 11.7 Å². The Kier molecular flexibility index (Phi) is 4.76. The molecule has 0 spiro atoms. The highest BCUT2D eigenvalue weighted by Crippen LogP contribution is 2.17. The molecule has 2 rings (SSSR count). The quantitative estimate of drug-likeness (QED) is 0.742. The molecule has 0 aliphatic carbocycles. The van der Waals surface area contributed by atoms with Crippen LogP contribution in [0.2, 0.25) is 0 Å². The van der Waals surface area contributed by atoms with E-state index < -0.39 is 0 Å². The molecule has 0 aliphatic heterocycles. The van der Waals surface area contributed by atoms with E-state index in [0.717, 1.165) is 41.1 Å². The van der Waals surface area contributed by atoms with Gasteiger partial charge >= 0.3 is 0 Å². The average Bonchev–Trinajstić information content (AvgIpc) is 2.98. The van der Waals surface area contributed by atoms with Gasteiger partial charge in [-0.3, -0.25) is 0 Å². The molecule has 0 radical (unpaired) electrons. The number of hydrogen-bond acceptors (Lipinski definition) is 9. The monoisotopic (exact) mass is 286 g/mol. The lowest BCUT2D eigenvalue weighted by atomic mass is 10.4. The molecule has 7 nitrogen and oxygen atoms in total. The Hall–Kier alpha value is -1.35. The van der Waals surface area contributed by atoms with E-state index in [0.29, 0.717) is 0 Å². The fourth-order valence-corrected chi connectivity index (χ4v) is 2.64. The third-order valence-corrected chi connectivity index (χ3v) is 3.75. The Labute approximate surface area is 113 Å². The Bertz CT molecular complexity index is 485. The summed E-state index contributed by atoms with van der Waals surface area (Å²) in [4.78, 5) is 0. The molecule has 0 unspecified atom stereocenters. The number of thioether (sulfide) groups is 1. The van der Waals surface area contributed by atoms with Crippen LogP contribution in [-0.2, 0) is 5.75 Å². The lowest BCUT2D eigenvalue weighted by molar-refractivity contribution is 0.302. The maximum absolute atomic E-state index is 4.64. The van der Waals surface area contributed by atoms with Crippen LogP contribution in [0.4, 0.5) is 11.6 Å². The minimum Gasteiger partial charge on any atom is -0.369 e. The minimum absolute atomic E-state index is 0.793. The fraction of sp³-hybridized carbons (Fsp3) is 0.556. The SMILES string of the molecule is CNc1nsnc1NCCSCc1nonc1C. The molecule has 0 fully saturated rings. The van der Waals surface area contributed by atoms with Crippen LogP contribution in [0.25, 0.3) is 0 Å². The first-order valence-corrected chi connectivity index (χ1v) is 7.29. The van der Waals surface area contributed by atoms with Crippen molar-refractivity contribution >= 4 is 35.1 Å². The molecular formula is C9H14N6OS2. The molecule has 0 atom stereocenters. The number of nitrogens with one attached hydrogen (secondary N) is 2. The molecule has 98 valence electrons. The minimum atomic E-state index is 0.793. The van der Waals surface area contributed by atoms with E-state index >= 15 is 0 Å². The summed E-state index contributed by atoms with van der Waals surface area (Å²) in [6.45, 7) is 2.72. The van der Waals surface area contributed by atoms with Crippen molar-refractivity contribution in [3.8, 4) is 0 Å². The molecule has 0 saturated carbocycles. The third kappa shape index (κ3) is 3.33. The van der Waals surface area contributed by atoms with Crippen LogP contribution in [0.1, 0.15) is 11.4 Å². The van der Waals surface area contributed by atoms with Crippen molar-refractivity contribution < 1.29 is 4.63 Å². The molecule has 0 aliphatic rings. The lowest BCUT2D eigenvalue weighted by Gasteiger charge is -2.03. The molecule has 18 heavy (non-hydrogen) atoms.